The van der Waals surface area contributed by atoms with E-state index >= 15 is 0 Å². The van der Waals surface area contributed by atoms with Crippen molar-refractivity contribution in [1.29, 1.82) is 0 Å². The van der Waals surface area contributed by atoms with Gasteiger partial charge in [0.1, 0.15) is 0 Å². The molecule has 0 aliphatic carbocycles. The standard InChI is InChI=1S/C22H39N5O/c1-4-22(5-2,12-16-28)18-25-21(23-6-3)26-19-10-14-27(15-11-19)17-20-9-7-8-13-24-20/h7-9,13,19,28H,4-6,10-12,14-18H2,1-3H3,(H2,23,25,26). The van der Waals surface area contributed by atoms with Crippen molar-refractivity contribution in [2.75, 3.05) is 32.8 Å². The molecule has 0 radical (unpaired) electrons. The summed E-state index contributed by atoms with van der Waals surface area (Å²) in [6, 6.07) is 6.57. The highest BCUT2D eigenvalue weighted by Crippen LogP contribution is 2.30. The second-order valence-corrected chi connectivity index (χ2v) is 7.89. The summed E-state index contributed by atoms with van der Waals surface area (Å²) in [5.74, 6) is 0.912. The van der Waals surface area contributed by atoms with Gasteiger partial charge in [0.2, 0.25) is 0 Å². The molecular weight excluding hydrogens is 350 g/mol. The van der Waals surface area contributed by atoms with Gasteiger partial charge in [-0.15, -0.1) is 0 Å². The van der Waals surface area contributed by atoms with Gasteiger partial charge in [-0.1, -0.05) is 19.9 Å². The molecule has 3 N–H and O–H groups in total. The van der Waals surface area contributed by atoms with Crippen molar-refractivity contribution in [1.82, 2.24) is 20.5 Å². The number of nitrogens with one attached hydrogen (secondary N) is 2. The Bertz CT molecular complexity index is 566. The first-order valence-electron chi connectivity index (χ1n) is 10.9. The topological polar surface area (TPSA) is 72.8 Å². The number of aliphatic imine (C=N–C) groups is 1. The SMILES string of the molecule is CCNC(=NCC(CC)(CC)CCO)NC1CCN(Cc2ccccn2)CC1. The fraction of sp³-hybridized carbons (Fsp3) is 0.727. The first-order valence-corrected chi connectivity index (χ1v) is 10.9. The zero-order valence-corrected chi connectivity index (χ0v) is 18.0. The number of aromatic nitrogens is 1. The summed E-state index contributed by atoms with van der Waals surface area (Å²) < 4.78 is 0. The van der Waals surface area contributed by atoms with Crippen LogP contribution in [0.3, 0.4) is 0 Å². The number of nitrogens with zero attached hydrogens (tertiary/aromatic N) is 3. The molecule has 1 aliphatic heterocycles. The summed E-state index contributed by atoms with van der Waals surface area (Å²) in [6.07, 6.45) is 6.99. The van der Waals surface area contributed by atoms with Gasteiger partial charge in [0.25, 0.3) is 0 Å². The van der Waals surface area contributed by atoms with Crippen molar-refractivity contribution in [2.45, 2.75) is 65.5 Å². The summed E-state index contributed by atoms with van der Waals surface area (Å²) >= 11 is 0. The Morgan fingerprint density at radius 1 is 1.25 bits per heavy atom. The molecule has 0 aromatic carbocycles. The number of hydrogen-bond donors (Lipinski definition) is 3. The van der Waals surface area contributed by atoms with Crippen LogP contribution in [-0.2, 0) is 6.54 Å². The van der Waals surface area contributed by atoms with E-state index < -0.39 is 0 Å². The van der Waals surface area contributed by atoms with Crippen LogP contribution in [0.5, 0.6) is 0 Å². The predicted molar refractivity (Wildman–Crippen MR) is 116 cm³/mol. The molecule has 1 saturated heterocycles. The van der Waals surface area contributed by atoms with E-state index in [1.54, 1.807) is 0 Å². The molecule has 0 bridgehead atoms. The van der Waals surface area contributed by atoms with Crippen molar-refractivity contribution >= 4 is 5.96 Å². The minimum Gasteiger partial charge on any atom is -0.396 e. The molecule has 0 saturated carbocycles. The summed E-state index contributed by atoms with van der Waals surface area (Å²) in [6.45, 7) is 11.4. The third kappa shape index (κ3) is 7.06. The van der Waals surface area contributed by atoms with Crippen LogP contribution in [0, 0.1) is 5.41 Å². The lowest BCUT2D eigenvalue weighted by Gasteiger charge is -2.33. The monoisotopic (exact) mass is 389 g/mol. The number of piperidine rings is 1. The summed E-state index contributed by atoms with van der Waals surface area (Å²) in [7, 11) is 0. The number of likely N-dealkylation sites (tertiary alicyclic amines) is 1. The first kappa shape index (κ1) is 22.6. The van der Waals surface area contributed by atoms with E-state index in [9.17, 15) is 5.11 Å². The van der Waals surface area contributed by atoms with Gasteiger partial charge in [-0.2, -0.15) is 0 Å². The second kappa shape index (κ2) is 12.0. The zero-order valence-electron chi connectivity index (χ0n) is 18.0. The number of guanidine groups is 1. The maximum atomic E-state index is 9.44. The highest BCUT2D eigenvalue weighted by Gasteiger charge is 2.26. The maximum absolute atomic E-state index is 9.44. The molecule has 1 fully saturated rings. The molecule has 0 unspecified atom stereocenters. The van der Waals surface area contributed by atoms with Crippen LogP contribution in [0.2, 0.25) is 0 Å². The van der Waals surface area contributed by atoms with Crippen molar-refractivity contribution < 1.29 is 5.11 Å². The first-order chi connectivity index (χ1) is 13.6. The molecule has 0 amide bonds. The normalized spacial score (nSPS) is 16.9. The lowest BCUT2D eigenvalue weighted by Crippen LogP contribution is -2.48. The molecule has 0 atom stereocenters. The molecule has 6 nitrogen and oxygen atoms in total. The summed E-state index contributed by atoms with van der Waals surface area (Å²) in [5.41, 5.74) is 1.24. The largest absolute Gasteiger partial charge is 0.396 e. The van der Waals surface area contributed by atoms with Gasteiger partial charge in [0, 0.05) is 51.6 Å². The number of aliphatic hydroxyl groups is 1. The van der Waals surface area contributed by atoms with E-state index in [0.717, 1.165) is 76.5 Å². The molecule has 1 aliphatic rings. The number of hydrogen-bond acceptors (Lipinski definition) is 4. The fourth-order valence-corrected chi connectivity index (χ4v) is 3.86. The van der Waals surface area contributed by atoms with Crippen molar-refractivity contribution in [2.24, 2.45) is 10.4 Å². The molecule has 0 spiro atoms. The lowest BCUT2D eigenvalue weighted by atomic mass is 9.79. The number of aliphatic hydroxyl groups excluding tert-OH is 1. The van der Waals surface area contributed by atoms with Crippen molar-refractivity contribution in [3.05, 3.63) is 30.1 Å². The zero-order chi connectivity index (χ0) is 20.2. The molecule has 1 aromatic heterocycles. The average Bonchev–Trinajstić information content (AvgIpc) is 2.73. The van der Waals surface area contributed by atoms with Crippen LogP contribution in [-0.4, -0.2) is 59.8 Å². The fourth-order valence-electron chi connectivity index (χ4n) is 3.86. The van der Waals surface area contributed by atoms with E-state index in [0.29, 0.717) is 6.04 Å². The highest BCUT2D eigenvalue weighted by atomic mass is 16.3. The average molecular weight is 390 g/mol. The quantitative estimate of drug-likeness (QED) is 0.424. The Morgan fingerprint density at radius 2 is 2.00 bits per heavy atom. The van der Waals surface area contributed by atoms with E-state index in [2.05, 4.69) is 53.4 Å². The Balaban J connectivity index is 1.87. The van der Waals surface area contributed by atoms with E-state index in [1.807, 2.05) is 12.3 Å². The van der Waals surface area contributed by atoms with Gasteiger partial charge in [-0.3, -0.25) is 14.9 Å². The third-order valence-electron chi connectivity index (χ3n) is 6.10. The van der Waals surface area contributed by atoms with E-state index in [-0.39, 0.29) is 12.0 Å². The van der Waals surface area contributed by atoms with Crippen molar-refractivity contribution in [3.8, 4) is 0 Å². The molecule has 28 heavy (non-hydrogen) atoms. The van der Waals surface area contributed by atoms with Crippen molar-refractivity contribution in [3.63, 3.8) is 0 Å². The summed E-state index contributed by atoms with van der Waals surface area (Å²) in [5, 5.41) is 16.5. The molecular formula is C22H39N5O. The molecule has 2 heterocycles. The van der Waals surface area contributed by atoms with Gasteiger partial charge in [0.05, 0.1) is 5.69 Å². The molecule has 158 valence electrons. The van der Waals surface area contributed by atoms with E-state index in [4.69, 9.17) is 4.99 Å². The van der Waals surface area contributed by atoms with Crippen LogP contribution >= 0.6 is 0 Å². The highest BCUT2D eigenvalue weighted by molar-refractivity contribution is 5.80. The molecule has 6 heteroatoms. The second-order valence-electron chi connectivity index (χ2n) is 7.89. The van der Waals surface area contributed by atoms with Gasteiger partial charge in [-0.25, -0.2) is 0 Å². The Labute approximate surface area is 170 Å². The van der Waals surface area contributed by atoms with E-state index in [1.165, 1.54) is 0 Å². The maximum Gasteiger partial charge on any atom is 0.191 e. The van der Waals surface area contributed by atoms with Gasteiger partial charge >= 0.3 is 0 Å². The Kier molecular flexibility index (Phi) is 9.71. The lowest BCUT2D eigenvalue weighted by molar-refractivity contribution is 0.175. The minimum atomic E-state index is 0.100. The van der Waals surface area contributed by atoms with Gasteiger partial charge in [-0.05, 0) is 56.6 Å². The summed E-state index contributed by atoms with van der Waals surface area (Å²) in [4.78, 5) is 11.8. The Morgan fingerprint density at radius 3 is 2.57 bits per heavy atom. The minimum absolute atomic E-state index is 0.100. The number of rotatable bonds is 10. The van der Waals surface area contributed by atoms with Gasteiger partial charge in [0.15, 0.2) is 5.96 Å². The van der Waals surface area contributed by atoms with Crippen LogP contribution < -0.4 is 10.6 Å². The molecule has 1 aromatic rings. The van der Waals surface area contributed by atoms with Crippen LogP contribution in [0.15, 0.2) is 29.4 Å². The Hall–Kier alpha value is -1.66. The third-order valence-corrected chi connectivity index (χ3v) is 6.10. The van der Waals surface area contributed by atoms with Gasteiger partial charge < -0.3 is 15.7 Å². The molecule has 2 rings (SSSR count). The van der Waals surface area contributed by atoms with Crippen LogP contribution in [0.1, 0.15) is 58.6 Å². The predicted octanol–water partition coefficient (Wildman–Crippen LogP) is 2.79. The smallest absolute Gasteiger partial charge is 0.191 e. The van der Waals surface area contributed by atoms with Crippen LogP contribution in [0.4, 0.5) is 0 Å². The van der Waals surface area contributed by atoms with Crippen LogP contribution in [0.25, 0.3) is 0 Å². The number of pyridine rings is 1.